The minimum atomic E-state index is -1.46. The van der Waals surface area contributed by atoms with Crippen molar-refractivity contribution < 1.29 is 4.43 Å². The minimum absolute atomic E-state index is 1.01. The summed E-state index contributed by atoms with van der Waals surface area (Å²) in [5.41, 5.74) is 1.40. The Kier molecular flexibility index (Phi) is 5.21. The van der Waals surface area contributed by atoms with Crippen LogP contribution >= 0.6 is 0 Å². The first-order valence-corrected chi connectivity index (χ1v) is 9.70. The molecule has 96 valence electrons. The zero-order valence-electron chi connectivity index (χ0n) is 11.8. The monoisotopic (exact) mass is 251 g/mol. The van der Waals surface area contributed by atoms with E-state index in [0.717, 1.165) is 18.7 Å². The first kappa shape index (κ1) is 14.3. The molecule has 0 bridgehead atoms. The number of hydrogen-bond donors (Lipinski definition) is 0. The Balaban J connectivity index is 2.45. The summed E-state index contributed by atoms with van der Waals surface area (Å²) >= 11 is 0. The molecule has 0 aliphatic carbocycles. The zero-order chi connectivity index (χ0) is 12.9. The predicted octanol–water partition coefficient (Wildman–Crippen LogP) is 3.39. The Bertz CT molecular complexity index is 327. The fourth-order valence-corrected chi connectivity index (χ4v) is 2.52. The van der Waals surface area contributed by atoms with Crippen LogP contribution < -0.4 is 4.43 Å². The molecule has 3 heteroatoms. The quantitative estimate of drug-likeness (QED) is 0.719. The van der Waals surface area contributed by atoms with Gasteiger partial charge in [-0.15, -0.1) is 0 Å². The fourth-order valence-electron chi connectivity index (χ4n) is 1.68. The molecule has 2 nitrogen and oxygen atoms in total. The van der Waals surface area contributed by atoms with E-state index in [0.29, 0.717) is 0 Å². The van der Waals surface area contributed by atoms with Gasteiger partial charge in [-0.1, -0.05) is 12.1 Å². The largest absolute Gasteiger partial charge is 0.544 e. The van der Waals surface area contributed by atoms with Crippen LogP contribution in [0.15, 0.2) is 24.3 Å². The van der Waals surface area contributed by atoms with Crippen LogP contribution in [0.1, 0.15) is 12.0 Å². The van der Waals surface area contributed by atoms with Crippen LogP contribution in [0.25, 0.3) is 0 Å². The molecular formula is C14H25NOSi. The average molecular weight is 251 g/mol. The lowest BCUT2D eigenvalue weighted by Gasteiger charge is -2.19. The van der Waals surface area contributed by atoms with Crippen molar-refractivity contribution in [3.05, 3.63) is 29.8 Å². The summed E-state index contributed by atoms with van der Waals surface area (Å²) in [5.74, 6) is 1.01. The summed E-state index contributed by atoms with van der Waals surface area (Å²) in [6.45, 7) is 7.77. The highest BCUT2D eigenvalue weighted by Crippen LogP contribution is 2.17. The summed E-state index contributed by atoms with van der Waals surface area (Å²) < 4.78 is 5.93. The van der Waals surface area contributed by atoms with Gasteiger partial charge in [-0.2, -0.15) is 0 Å². The molecule has 0 unspecified atom stereocenters. The van der Waals surface area contributed by atoms with Gasteiger partial charge in [-0.05, 0) is 70.8 Å². The van der Waals surface area contributed by atoms with Crippen molar-refractivity contribution in [2.75, 3.05) is 20.6 Å². The van der Waals surface area contributed by atoms with Crippen LogP contribution in [-0.4, -0.2) is 33.9 Å². The molecule has 0 aromatic heterocycles. The second-order valence-electron chi connectivity index (χ2n) is 5.77. The highest BCUT2D eigenvalue weighted by atomic mass is 28.4. The Labute approximate surface area is 107 Å². The lowest BCUT2D eigenvalue weighted by atomic mass is 10.1. The van der Waals surface area contributed by atoms with Crippen molar-refractivity contribution >= 4 is 8.32 Å². The zero-order valence-corrected chi connectivity index (χ0v) is 12.8. The van der Waals surface area contributed by atoms with Gasteiger partial charge in [0.15, 0.2) is 0 Å². The third-order valence-electron chi connectivity index (χ3n) is 2.42. The van der Waals surface area contributed by atoms with E-state index < -0.39 is 8.32 Å². The molecule has 1 aromatic rings. The van der Waals surface area contributed by atoms with Gasteiger partial charge >= 0.3 is 0 Å². The van der Waals surface area contributed by atoms with Crippen LogP contribution in [0.4, 0.5) is 0 Å². The fraction of sp³-hybridized carbons (Fsp3) is 0.571. The van der Waals surface area contributed by atoms with Crippen molar-refractivity contribution in [3.8, 4) is 5.75 Å². The maximum atomic E-state index is 5.93. The van der Waals surface area contributed by atoms with Crippen LogP contribution in [0.2, 0.25) is 19.6 Å². The molecule has 0 saturated heterocycles. The van der Waals surface area contributed by atoms with Crippen LogP contribution in [0, 0.1) is 0 Å². The molecule has 17 heavy (non-hydrogen) atoms. The molecule has 0 atom stereocenters. The SMILES string of the molecule is CN(C)CCCc1ccc(O[Si](C)(C)C)cc1. The Morgan fingerprint density at radius 3 is 2.12 bits per heavy atom. The molecule has 0 amide bonds. The molecule has 0 N–H and O–H groups in total. The van der Waals surface area contributed by atoms with Gasteiger partial charge in [0.05, 0.1) is 0 Å². The highest BCUT2D eigenvalue weighted by Gasteiger charge is 2.15. The lowest BCUT2D eigenvalue weighted by molar-refractivity contribution is 0.400. The molecule has 0 fully saturated rings. The number of rotatable bonds is 6. The third kappa shape index (κ3) is 6.49. The van der Waals surface area contributed by atoms with Gasteiger partial charge in [0.2, 0.25) is 8.32 Å². The summed E-state index contributed by atoms with van der Waals surface area (Å²) in [7, 11) is 2.77. The van der Waals surface area contributed by atoms with Crippen molar-refractivity contribution in [1.82, 2.24) is 4.90 Å². The molecule has 0 aliphatic rings. The second-order valence-corrected chi connectivity index (χ2v) is 10.2. The summed E-state index contributed by atoms with van der Waals surface area (Å²) in [6, 6.07) is 8.57. The maximum absolute atomic E-state index is 5.93. The normalized spacial score (nSPS) is 11.9. The van der Waals surface area contributed by atoms with Crippen molar-refractivity contribution in [2.45, 2.75) is 32.5 Å². The van der Waals surface area contributed by atoms with E-state index in [9.17, 15) is 0 Å². The van der Waals surface area contributed by atoms with E-state index in [1.165, 1.54) is 12.0 Å². The van der Waals surface area contributed by atoms with Gasteiger partial charge in [0, 0.05) is 0 Å². The van der Waals surface area contributed by atoms with E-state index in [4.69, 9.17) is 4.43 Å². The molecule has 1 aromatic carbocycles. The van der Waals surface area contributed by atoms with Crippen LogP contribution in [0.3, 0.4) is 0 Å². The van der Waals surface area contributed by atoms with Gasteiger partial charge in [0.25, 0.3) is 0 Å². The van der Waals surface area contributed by atoms with Gasteiger partial charge in [-0.25, -0.2) is 0 Å². The first-order chi connectivity index (χ1) is 7.87. The Morgan fingerprint density at radius 1 is 1.06 bits per heavy atom. The third-order valence-corrected chi connectivity index (χ3v) is 3.27. The standard InChI is InChI=1S/C14H25NOSi/c1-15(2)12-6-7-13-8-10-14(11-9-13)16-17(3,4)5/h8-11H,6-7,12H2,1-5H3. The van der Waals surface area contributed by atoms with E-state index >= 15 is 0 Å². The second kappa shape index (κ2) is 6.22. The molecule has 0 spiro atoms. The van der Waals surface area contributed by atoms with E-state index in [1.54, 1.807) is 0 Å². The maximum Gasteiger partial charge on any atom is 0.242 e. The minimum Gasteiger partial charge on any atom is -0.544 e. The van der Waals surface area contributed by atoms with E-state index in [2.05, 4.69) is 62.9 Å². The predicted molar refractivity (Wildman–Crippen MR) is 77.3 cm³/mol. The molecule has 1 rings (SSSR count). The molecule has 0 heterocycles. The number of hydrogen-bond acceptors (Lipinski definition) is 2. The topological polar surface area (TPSA) is 12.5 Å². The van der Waals surface area contributed by atoms with Gasteiger partial charge in [-0.3, -0.25) is 0 Å². The van der Waals surface area contributed by atoms with Crippen molar-refractivity contribution in [3.63, 3.8) is 0 Å². The number of nitrogens with zero attached hydrogens (tertiary/aromatic N) is 1. The van der Waals surface area contributed by atoms with Crippen LogP contribution in [-0.2, 0) is 6.42 Å². The Morgan fingerprint density at radius 2 is 1.65 bits per heavy atom. The van der Waals surface area contributed by atoms with E-state index in [-0.39, 0.29) is 0 Å². The molecule has 0 saturated carbocycles. The summed E-state index contributed by atoms with van der Waals surface area (Å²) in [5, 5.41) is 0. The molecular weight excluding hydrogens is 226 g/mol. The first-order valence-electron chi connectivity index (χ1n) is 6.29. The molecule has 0 radical (unpaired) electrons. The smallest absolute Gasteiger partial charge is 0.242 e. The lowest BCUT2D eigenvalue weighted by Crippen LogP contribution is -2.29. The van der Waals surface area contributed by atoms with E-state index in [1.807, 2.05) is 0 Å². The summed E-state index contributed by atoms with van der Waals surface area (Å²) in [4.78, 5) is 2.22. The van der Waals surface area contributed by atoms with Crippen LogP contribution in [0.5, 0.6) is 5.75 Å². The summed E-state index contributed by atoms with van der Waals surface area (Å²) in [6.07, 6.45) is 2.35. The van der Waals surface area contributed by atoms with Crippen molar-refractivity contribution in [1.29, 1.82) is 0 Å². The number of aryl methyl sites for hydroxylation is 1. The average Bonchev–Trinajstić information content (AvgIpc) is 2.18. The van der Waals surface area contributed by atoms with Gasteiger partial charge in [0.1, 0.15) is 5.75 Å². The number of benzene rings is 1. The highest BCUT2D eigenvalue weighted by molar-refractivity contribution is 6.70. The Hall–Kier alpha value is -0.803. The van der Waals surface area contributed by atoms with Gasteiger partial charge < -0.3 is 9.33 Å². The molecule has 0 aliphatic heterocycles. The van der Waals surface area contributed by atoms with Crippen molar-refractivity contribution in [2.24, 2.45) is 0 Å².